The van der Waals surface area contributed by atoms with Crippen molar-refractivity contribution >= 4 is 17.6 Å². The van der Waals surface area contributed by atoms with Crippen molar-refractivity contribution in [1.29, 1.82) is 0 Å². The van der Waals surface area contributed by atoms with Crippen molar-refractivity contribution in [3.05, 3.63) is 59.7 Å². The van der Waals surface area contributed by atoms with Gasteiger partial charge in [-0.05, 0) is 34.2 Å². The zero-order chi connectivity index (χ0) is 21.8. The van der Waals surface area contributed by atoms with E-state index < -0.39 is 30.2 Å². The van der Waals surface area contributed by atoms with E-state index in [1.165, 1.54) is 19.7 Å². The molecule has 0 fully saturated rings. The van der Waals surface area contributed by atoms with Gasteiger partial charge >= 0.3 is 0 Å². The molecule has 1 unspecified atom stereocenters. The Bertz CT molecular complexity index is 865. The summed E-state index contributed by atoms with van der Waals surface area (Å²) in [5.74, 6) is -1.86. The highest BCUT2D eigenvalue weighted by Gasteiger charge is 2.32. The van der Waals surface area contributed by atoms with Crippen LogP contribution in [0.25, 0.3) is 11.1 Å². The number of hydrogen-bond donors (Lipinski definition) is 2. The highest BCUT2D eigenvalue weighted by Crippen LogP contribution is 2.26. The van der Waals surface area contributed by atoms with E-state index in [1.807, 2.05) is 24.3 Å². The second kappa shape index (κ2) is 9.01. The first kappa shape index (κ1) is 22.3. The Hall–Kier alpha value is -2.99. The predicted octanol–water partition coefficient (Wildman–Crippen LogP) is 2.40. The van der Waals surface area contributed by atoms with E-state index >= 15 is 0 Å². The van der Waals surface area contributed by atoms with Gasteiger partial charge in [0, 0.05) is 19.7 Å². The van der Waals surface area contributed by atoms with E-state index in [2.05, 4.69) is 38.2 Å². The SMILES string of the molecule is CNC(=O)C(C(=O)CO)N(C)C(=O)c1ccc(-c2ccc(C(C)(C)C)cc2)cc1. The molecule has 0 heterocycles. The van der Waals surface area contributed by atoms with Gasteiger partial charge in [-0.1, -0.05) is 57.2 Å². The molecule has 6 heteroatoms. The van der Waals surface area contributed by atoms with Gasteiger partial charge < -0.3 is 15.3 Å². The zero-order valence-corrected chi connectivity index (χ0v) is 17.5. The third-order valence-electron chi connectivity index (χ3n) is 4.88. The van der Waals surface area contributed by atoms with Crippen LogP contribution in [0, 0.1) is 0 Å². The van der Waals surface area contributed by atoms with Crippen molar-refractivity contribution in [3.8, 4) is 11.1 Å². The van der Waals surface area contributed by atoms with Crippen LogP contribution in [0.3, 0.4) is 0 Å². The topological polar surface area (TPSA) is 86.7 Å². The van der Waals surface area contributed by atoms with E-state index in [0.29, 0.717) is 5.56 Å². The maximum Gasteiger partial charge on any atom is 0.254 e. The number of aliphatic hydroxyl groups excluding tert-OH is 1. The quantitative estimate of drug-likeness (QED) is 0.734. The maximum absolute atomic E-state index is 12.7. The zero-order valence-electron chi connectivity index (χ0n) is 17.5. The molecule has 1 atom stereocenters. The Morgan fingerprint density at radius 3 is 1.86 bits per heavy atom. The average Bonchev–Trinajstić information content (AvgIpc) is 2.72. The summed E-state index contributed by atoms with van der Waals surface area (Å²) in [7, 11) is 2.74. The van der Waals surface area contributed by atoms with Gasteiger partial charge in [-0.3, -0.25) is 14.4 Å². The van der Waals surface area contributed by atoms with Crippen molar-refractivity contribution in [2.45, 2.75) is 32.2 Å². The Balaban J connectivity index is 2.23. The predicted molar refractivity (Wildman–Crippen MR) is 113 cm³/mol. The lowest BCUT2D eigenvalue weighted by molar-refractivity contribution is -0.135. The van der Waals surface area contributed by atoms with Gasteiger partial charge in [0.1, 0.15) is 6.61 Å². The van der Waals surface area contributed by atoms with Gasteiger partial charge in [-0.15, -0.1) is 0 Å². The van der Waals surface area contributed by atoms with Crippen LogP contribution in [0.15, 0.2) is 48.5 Å². The van der Waals surface area contributed by atoms with Crippen LogP contribution in [0.5, 0.6) is 0 Å². The molecule has 154 valence electrons. The summed E-state index contributed by atoms with van der Waals surface area (Å²) in [5.41, 5.74) is 3.65. The minimum Gasteiger partial charge on any atom is -0.388 e. The number of nitrogens with one attached hydrogen (secondary N) is 1. The molecule has 2 aromatic carbocycles. The van der Waals surface area contributed by atoms with Gasteiger partial charge in [0.25, 0.3) is 5.91 Å². The first-order valence-corrected chi connectivity index (χ1v) is 9.43. The Kier molecular flexibility index (Phi) is 6.93. The van der Waals surface area contributed by atoms with Crippen molar-refractivity contribution < 1.29 is 19.5 Å². The molecule has 2 amide bonds. The number of aliphatic hydroxyl groups is 1. The molecule has 0 spiro atoms. The van der Waals surface area contributed by atoms with Crippen LogP contribution in [-0.4, -0.2) is 54.3 Å². The third-order valence-corrected chi connectivity index (χ3v) is 4.88. The standard InChI is InChI=1S/C23H28N2O4/c1-23(2,3)18-12-10-16(11-13-18)15-6-8-17(9-7-15)22(29)25(5)20(19(27)14-26)21(28)24-4/h6-13,20,26H,14H2,1-5H3,(H,24,28). The van der Waals surface area contributed by atoms with Crippen LogP contribution < -0.4 is 5.32 Å². The minimum atomic E-state index is -1.37. The number of Topliss-reactive ketones (excluding diaryl/α,β-unsaturated/α-hetero) is 1. The van der Waals surface area contributed by atoms with E-state index in [9.17, 15) is 14.4 Å². The molecule has 0 aromatic heterocycles. The summed E-state index contributed by atoms with van der Waals surface area (Å²) in [4.78, 5) is 37.7. The average molecular weight is 396 g/mol. The van der Waals surface area contributed by atoms with E-state index in [1.54, 1.807) is 12.1 Å². The van der Waals surface area contributed by atoms with E-state index in [4.69, 9.17) is 5.11 Å². The second-order valence-electron chi connectivity index (χ2n) is 7.96. The fourth-order valence-corrected chi connectivity index (χ4v) is 3.05. The Morgan fingerprint density at radius 1 is 0.966 bits per heavy atom. The lowest BCUT2D eigenvalue weighted by Crippen LogP contribution is -2.52. The second-order valence-corrected chi connectivity index (χ2v) is 7.96. The van der Waals surface area contributed by atoms with E-state index in [-0.39, 0.29) is 5.41 Å². The molecule has 0 aliphatic carbocycles. The van der Waals surface area contributed by atoms with Crippen molar-refractivity contribution in [1.82, 2.24) is 10.2 Å². The minimum absolute atomic E-state index is 0.0761. The normalized spacial score (nSPS) is 12.2. The van der Waals surface area contributed by atoms with Gasteiger partial charge in [-0.2, -0.15) is 0 Å². The molecule has 0 saturated carbocycles. The van der Waals surface area contributed by atoms with Gasteiger partial charge in [-0.25, -0.2) is 0 Å². The van der Waals surface area contributed by atoms with Crippen LogP contribution in [-0.2, 0) is 15.0 Å². The van der Waals surface area contributed by atoms with Crippen molar-refractivity contribution in [2.75, 3.05) is 20.7 Å². The fraction of sp³-hybridized carbons (Fsp3) is 0.348. The number of carbonyl (C=O) groups is 3. The number of ketones is 1. The van der Waals surface area contributed by atoms with Crippen LogP contribution in [0.4, 0.5) is 0 Å². The molecule has 29 heavy (non-hydrogen) atoms. The summed E-state index contributed by atoms with van der Waals surface area (Å²) < 4.78 is 0. The number of likely N-dealkylation sites (N-methyl/N-ethyl adjacent to an activating group) is 2. The maximum atomic E-state index is 12.7. The number of hydrogen-bond acceptors (Lipinski definition) is 4. The Morgan fingerprint density at radius 2 is 1.45 bits per heavy atom. The highest BCUT2D eigenvalue weighted by atomic mass is 16.3. The fourth-order valence-electron chi connectivity index (χ4n) is 3.05. The number of nitrogens with zero attached hydrogens (tertiary/aromatic N) is 1. The number of carbonyl (C=O) groups excluding carboxylic acids is 3. The molecule has 0 bridgehead atoms. The molecule has 2 aromatic rings. The molecular formula is C23H28N2O4. The lowest BCUT2D eigenvalue weighted by atomic mass is 9.86. The summed E-state index contributed by atoms with van der Waals surface area (Å²) in [6.07, 6.45) is 0. The number of benzene rings is 2. The summed E-state index contributed by atoms with van der Waals surface area (Å²) in [6, 6.07) is 13.9. The number of amides is 2. The molecule has 0 saturated heterocycles. The molecule has 0 aliphatic rings. The van der Waals surface area contributed by atoms with Crippen LogP contribution in [0.1, 0.15) is 36.7 Å². The molecular weight excluding hydrogens is 368 g/mol. The van der Waals surface area contributed by atoms with Crippen LogP contribution >= 0.6 is 0 Å². The molecule has 2 N–H and O–H groups in total. The summed E-state index contributed by atoms with van der Waals surface area (Å²) >= 11 is 0. The molecule has 0 aliphatic heterocycles. The molecule has 6 nitrogen and oxygen atoms in total. The van der Waals surface area contributed by atoms with Crippen molar-refractivity contribution in [2.24, 2.45) is 0 Å². The van der Waals surface area contributed by atoms with Gasteiger partial charge in [0.05, 0.1) is 0 Å². The van der Waals surface area contributed by atoms with Crippen LogP contribution in [0.2, 0.25) is 0 Å². The largest absolute Gasteiger partial charge is 0.388 e. The van der Waals surface area contributed by atoms with Gasteiger partial charge in [0.15, 0.2) is 11.8 Å². The smallest absolute Gasteiger partial charge is 0.254 e. The first-order valence-electron chi connectivity index (χ1n) is 9.43. The molecule has 0 radical (unpaired) electrons. The number of rotatable bonds is 6. The monoisotopic (exact) mass is 396 g/mol. The van der Waals surface area contributed by atoms with Crippen molar-refractivity contribution in [3.63, 3.8) is 0 Å². The summed E-state index contributed by atoms with van der Waals surface area (Å²) in [5, 5.41) is 11.5. The highest BCUT2D eigenvalue weighted by molar-refractivity contribution is 6.10. The summed E-state index contributed by atoms with van der Waals surface area (Å²) in [6.45, 7) is 5.66. The van der Waals surface area contributed by atoms with E-state index in [0.717, 1.165) is 16.0 Å². The Labute approximate surface area is 171 Å². The first-order chi connectivity index (χ1) is 13.6. The third kappa shape index (κ3) is 5.09. The lowest BCUT2D eigenvalue weighted by Gasteiger charge is -2.25. The molecule has 2 rings (SSSR count). The van der Waals surface area contributed by atoms with Gasteiger partial charge in [0.2, 0.25) is 5.91 Å².